The van der Waals surface area contributed by atoms with Gasteiger partial charge in [-0.1, -0.05) is 60.4 Å². The summed E-state index contributed by atoms with van der Waals surface area (Å²) in [5.74, 6) is -1.76. The Balaban J connectivity index is 0.00000423. The van der Waals surface area contributed by atoms with E-state index >= 15 is 0 Å². The molecule has 0 fully saturated rings. The van der Waals surface area contributed by atoms with Gasteiger partial charge in [0.25, 0.3) is 0 Å². The number of rotatable bonds is 8. The second-order valence-electron chi connectivity index (χ2n) is 11.0. The molecule has 2 aliphatic heterocycles. The number of hydrogen-bond donors (Lipinski definition) is 2. The van der Waals surface area contributed by atoms with Crippen molar-refractivity contribution in [2.75, 3.05) is 0 Å². The molecule has 2 aliphatic rings. The van der Waals surface area contributed by atoms with Crippen LogP contribution in [0.15, 0.2) is 24.3 Å². The number of aromatic nitrogens is 4. The first-order chi connectivity index (χ1) is 20.0. The van der Waals surface area contributed by atoms with Gasteiger partial charge in [0.1, 0.15) is 0 Å². The summed E-state index contributed by atoms with van der Waals surface area (Å²) < 4.78 is 0. The average Bonchev–Trinajstić information content (AvgIpc) is 3.59. The van der Waals surface area contributed by atoms with Crippen molar-refractivity contribution in [1.82, 2.24) is 19.9 Å². The summed E-state index contributed by atoms with van der Waals surface area (Å²) in [5, 5.41) is 18.9. The minimum atomic E-state index is -0.878. The third-order valence-corrected chi connectivity index (χ3v) is 8.53. The number of aliphatic carboxylic acids is 2. The van der Waals surface area contributed by atoms with E-state index < -0.39 is 11.9 Å². The maximum atomic E-state index is 11.5. The Morgan fingerprint density at radius 2 is 1.07 bits per heavy atom. The zero-order chi connectivity index (χ0) is 30.3. The topological polar surface area (TPSA) is 129 Å². The Labute approximate surface area is 264 Å². The monoisotopic (exact) mass is 628 g/mol. The van der Waals surface area contributed by atoms with Crippen molar-refractivity contribution < 1.29 is 39.3 Å². The molecule has 0 atom stereocenters. The molecule has 3 aromatic heterocycles. The van der Waals surface area contributed by atoms with Crippen LogP contribution >= 0.6 is 0 Å². The van der Waals surface area contributed by atoms with E-state index in [2.05, 4.69) is 33.8 Å². The van der Waals surface area contributed by atoms with Crippen molar-refractivity contribution in [3.05, 3.63) is 69.3 Å². The van der Waals surface area contributed by atoms with Crippen molar-refractivity contribution in [1.29, 1.82) is 0 Å². The van der Waals surface area contributed by atoms with E-state index in [1.54, 1.807) is 0 Å². The Kier molecular flexibility index (Phi) is 9.55. The number of carboxylic acid groups (broad SMARTS) is 2. The quantitative estimate of drug-likeness (QED) is 0.257. The fraction of sp³-hybridized carbons (Fsp3) is 0.353. The van der Waals surface area contributed by atoms with Gasteiger partial charge in [-0.2, -0.15) is 0 Å². The van der Waals surface area contributed by atoms with Crippen LogP contribution in [-0.4, -0.2) is 32.1 Å². The number of aryl methyl sites for hydroxylation is 4. The molecule has 0 radical (unpaired) electrons. The maximum Gasteiger partial charge on any atom is 2.00 e. The third-order valence-electron chi connectivity index (χ3n) is 8.53. The molecule has 5 rings (SSSR count). The molecule has 8 nitrogen and oxygen atoms in total. The minimum absolute atomic E-state index is 0. The van der Waals surface area contributed by atoms with E-state index in [9.17, 15) is 19.8 Å². The molecule has 0 spiro atoms. The summed E-state index contributed by atoms with van der Waals surface area (Å²) in [6.07, 6.45) is 2.23. The predicted molar refractivity (Wildman–Crippen MR) is 166 cm³/mol. The van der Waals surface area contributed by atoms with E-state index in [1.807, 2.05) is 32.0 Å². The molecule has 0 saturated heterocycles. The minimum Gasteiger partial charge on any atom is -0.657 e. The zero-order valence-corrected chi connectivity index (χ0v) is 28.7. The Morgan fingerprint density at radius 3 is 1.63 bits per heavy atom. The van der Waals surface area contributed by atoms with Gasteiger partial charge in [0.05, 0.1) is 22.8 Å². The second-order valence-corrected chi connectivity index (χ2v) is 11.0. The summed E-state index contributed by atoms with van der Waals surface area (Å²) in [7, 11) is 0. The first kappa shape index (κ1) is 32.1. The van der Waals surface area contributed by atoms with Crippen LogP contribution in [0.4, 0.5) is 0 Å². The van der Waals surface area contributed by atoms with Gasteiger partial charge in [0.15, 0.2) is 0 Å². The summed E-state index contributed by atoms with van der Waals surface area (Å²) >= 11 is 0. The van der Waals surface area contributed by atoms with Gasteiger partial charge in [-0.05, 0) is 75.7 Å². The van der Waals surface area contributed by atoms with Crippen molar-refractivity contribution in [2.24, 2.45) is 0 Å². The molecule has 3 aromatic rings. The Morgan fingerprint density at radius 1 is 0.628 bits per heavy atom. The number of hydrogen-bond acceptors (Lipinski definition) is 4. The van der Waals surface area contributed by atoms with Crippen LogP contribution in [0.25, 0.3) is 44.4 Å². The largest absolute Gasteiger partial charge is 2.00 e. The summed E-state index contributed by atoms with van der Waals surface area (Å²) in [6.45, 7) is 12.3. The Bertz CT molecular complexity index is 1860. The summed E-state index contributed by atoms with van der Waals surface area (Å²) in [5.41, 5.74) is 14.3. The number of carbonyl (C=O) groups is 2. The summed E-state index contributed by atoms with van der Waals surface area (Å²) in [4.78, 5) is 43.1. The first-order valence-corrected chi connectivity index (χ1v) is 14.5. The Hall–Kier alpha value is -3.84. The van der Waals surface area contributed by atoms with Crippen LogP contribution in [-0.2, 0) is 41.9 Å². The molecule has 8 bridgehead atoms. The number of allylic oxidation sites excluding steroid dienone is 4. The molecule has 0 unspecified atom stereocenters. The van der Waals surface area contributed by atoms with Crippen molar-refractivity contribution in [3.63, 3.8) is 0 Å². The number of fused-ring (bicyclic) bond motifs is 8. The third kappa shape index (κ3) is 6.14. The van der Waals surface area contributed by atoms with Gasteiger partial charge < -0.3 is 20.2 Å². The van der Waals surface area contributed by atoms with E-state index in [-0.39, 0.29) is 32.3 Å². The van der Waals surface area contributed by atoms with Crippen LogP contribution in [0, 0.1) is 13.8 Å². The van der Waals surface area contributed by atoms with Crippen LogP contribution in [0.2, 0.25) is 0 Å². The fourth-order valence-electron chi connectivity index (χ4n) is 6.06. The molecular weight excluding hydrogens is 594 g/mol. The normalized spacial score (nSPS) is 13.0. The zero-order valence-electron chi connectivity index (χ0n) is 25.8. The fourth-order valence-corrected chi connectivity index (χ4v) is 6.06. The van der Waals surface area contributed by atoms with Crippen LogP contribution in [0.5, 0.6) is 0 Å². The molecule has 2 N–H and O–H groups in total. The van der Waals surface area contributed by atoms with Crippen LogP contribution in [0.3, 0.4) is 0 Å². The molecule has 218 valence electrons. The van der Waals surface area contributed by atoms with E-state index in [0.29, 0.717) is 24.1 Å². The maximum absolute atomic E-state index is 11.5. The average molecular weight is 630 g/mol. The van der Waals surface area contributed by atoms with Crippen molar-refractivity contribution >= 4 is 56.3 Å². The van der Waals surface area contributed by atoms with Crippen molar-refractivity contribution in [2.45, 2.75) is 80.1 Å². The molecule has 0 aromatic carbocycles. The molecular formula is C34H36N4O4Zn. The molecule has 0 saturated carbocycles. The van der Waals surface area contributed by atoms with Gasteiger partial charge in [-0.25, -0.2) is 9.97 Å². The van der Waals surface area contributed by atoms with Gasteiger partial charge >= 0.3 is 31.4 Å². The predicted octanol–water partition coefficient (Wildman–Crippen LogP) is 6.90. The smallest absolute Gasteiger partial charge is 0.657 e. The van der Waals surface area contributed by atoms with E-state index in [4.69, 9.17) is 19.9 Å². The SMILES string of the molecule is CCC1=C(C)c2cc3[n-]c(cc4nc(cc5[n-]c(cc1n2)c(C)c5CCC(=O)O)C(CCC(=O)O)=C4C)c(C)c3CC.[Zn+2]. The first-order valence-electron chi connectivity index (χ1n) is 14.5. The summed E-state index contributed by atoms with van der Waals surface area (Å²) in [6, 6.07) is 7.93. The molecule has 0 amide bonds. The molecule has 43 heavy (non-hydrogen) atoms. The number of nitrogens with zero attached hydrogens (tertiary/aromatic N) is 4. The van der Waals surface area contributed by atoms with Gasteiger partial charge in [-0.3, -0.25) is 9.59 Å². The molecule has 0 aliphatic carbocycles. The number of carboxylic acids is 2. The van der Waals surface area contributed by atoms with Gasteiger partial charge in [0.2, 0.25) is 0 Å². The molecule has 5 heterocycles. The standard InChI is InChI=1S/C34H38N4O4.Zn/c1-7-21-17(3)25-13-26-19(5)23(9-11-33(39)40)31(37-26)16-32-24(10-12-34(41)42)20(6)28(38-32)15-30-22(8-2)18(4)27(36-30)14-29(21)35-25;/h13-16H,7-12H2,1-6H3,(H4,35,36,37,38,39,40,41,42);/q;+2/p-2. The van der Waals surface area contributed by atoms with E-state index in [1.165, 1.54) is 5.56 Å². The van der Waals surface area contributed by atoms with Crippen LogP contribution in [0.1, 0.15) is 98.4 Å². The second kappa shape index (κ2) is 12.8. The van der Waals surface area contributed by atoms with Gasteiger partial charge in [0, 0.05) is 12.8 Å². The van der Waals surface area contributed by atoms with Crippen LogP contribution < -0.4 is 9.97 Å². The van der Waals surface area contributed by atoms with E-state index in [0.717, 1.165) is 85.5 Å². The van der Waals surface area contributed by atoms with Gasteiger partial charge in [-0.15, -0.1) is 22.1 Å². The molecule has 9 heteroatoms. The van der Waals surface area contributed by atoms with Crippen molar-refractivity contribution in [3.8, 4) is 0 Å².